The number of rotatable bonds is 3. The van der Waals surface area contributed by atoms with Crippen LogP contribution in [0.4, 0.5) is 16.2 Å². The lowest BCUT2D eigenvalue weighted by atomic mass is 10.1. The molecule has 254 valence electrons. The third-order valence-corrected chi connectivity index (χ3v) is 10.8. The fourth-order valence-electron chi connectivity index (χ4n) is 5.69. The van der Waals surface area contributed by atoms with Gasteiger partial charge in [-0.25, -0.2) is 23.6 Å². The van der Waals surface area contributed by atoms with Gasteiger partial charge in [0.25, 0.3) is 5.56 Å². The number of anilines is 2. The van der Waals surface area contributed by atoms with Gasteiger partial charge in [-0.3, -0.25) is 28.0 Å². The maximum atomic E-state index is 16.1. The highest BCUT2D eigenvalue weighted by atomic mass is 32.5. The number of aromatic amines is 1. The van der Waals surface area contributed by atoms with Gasteiger partial charge in [-0.15, -0.1) is 0 Å². The second kappa shape index (κ2) is 12.0. The van der Waals surface area contributed by atoms with Gasteiger partial charge in [-0.2, -0.15) is 4.98 Å². The van der Waals surface area contributed by atoms with Gasteiger partial charge in [0.15, 0.2) is 29.8 Å². The summed E-state index contributed by atoms with van der Waals surface area (Å²) in [5.74, 6) is -0.137. The number of methoxy groups -OCH3 is 1. The Balaban J connectivity index is 1.22. The Morgan fingerprint density at radius 1 is 1.04 bits per heavy atom. The maximum absolute atomic E-state index is 16.1. The van der Waals surface area contributed by atoms with E-state index in [1.54, 1.807) is 0 Å². The molecule has 3 aliphatic heterocycles. The number of ether oxygens (including phenoxy) is 3. The van der Waals surface area contributed by atoms with E-state index in [0.717, 1.165) is 8.97 Å². The van der Waals surface area contributed by atoms with Crippen LogP contribution in [0.25, 0.3) is 16.8 Å². The largest absolute Gasteiger partial charge is 0.382 e. The molecule has 0 saturated carbocycles. The minimum absolute atomic E-state index is 0.0131. The predicted molar refractivity (Wildman–Crippen MR) is 165 cm³/mol. The molecular formula is C22H26FN9O11P2S2. The first-order valence-corrected chi connectivity index (χ1v) is 18.8. The number of nitrogens with one attached hydrogen (secondary N) is 1. The molecule has 7 rings (SSSR count). The minimum atomic E-state index is -4.27. The number of halogens is 1. The highest BCUT2D eigenvalue weighted by Gasteiger charge is 2.53. The van der Waals surface area contributed by atoms with Crippen LogP contribution in [-0.2, 0) is 55.9 Å². The van der Waals surface area contributed by atoms with Crippen molar-refractivity contribution in [1.82, 2.24) is 33.5 Å². The van der Waals surface area contributed by atoms with Crippen molar-refractivity contribution in [3.63, 3.8) is 0 Å². The molecule has 7 N–H and O–H groups in total. The average molecular weight is 738 g/mol. The Bertz CT molecular complexity index is 2080. The predicted octanol–water partition coefficient (Wildman–Crippen LogP) is -0.808. The molecule has 0 aliphatic carbocycles. The van der Waals surface area contributed by atoms with Gasteiger partial charge in [0.05, 0.1) is 25.7 Å². The monoisotopic (exact) mass is 737 g/mol. The van der Waals surface area contributed by atoms with E-state index in [1.807, 2.05) is 0 Å². The number of nitrogen functional groups attached to an aromatic ring is 2. The molecule has 0 amide bonds. The number of nitrogens with zero attached hydrogens (tertiary/aromatic N) is 6. The Kier molecular flexibility index (Phi) is 8.35. The summed E-state index contributed by atoms with van der Waals surface area (Å²) >= 11 is 10.5. The van der Waals surface area contributed by atoms with E-state index in [1.165, 1.54) is 36.5 Å². The molecule has 2 unspecified atom stereocenters. The molecule has 10 atom stereocenters. The Hall–Kier alpha value is -2.76. The number of hydrogen-bond donors (Lipinski definition) is 5. The van der Waals surface area contributed by atoms with E-state index in [4.69, 9.17) is 67.4 Å². The van der Waals surface area contributed by atoms with Gasteiger partial charge in [0, 0.05) is 13.3 Å². The molecule has 4 aromatic rings. The molecule has 20 nitrogen and oxygen atoms in total. The zero-order chi connectivity index (χ0) is 33.4. The van der Waals surface area contributed by atoms with Crippen molar-refractivity contribution in [3.05, 3.63) is 45.6 Å². The molecule has 3 fully saturated rings. The highest BCUT2D eigenvalue weighted by Crippen LogP contribution is 2.54. The lowest BCUT2D eigenvalue weighted by Crippen LogP contribution is -2.37. The normalized spacial score (nSPS) is 36.6. The van der Waals surface area contributed by atoms with Crippen molar-refractivity contribution in [3.8, 4) is 0 Å². The number of aromatic nitrogens is 7. The standard InChI is InChI=1S/C22H26FN9O11P2S2/c1-37-15-9-6-39-44(35,46)42-14-8(40-19(12(14)23)30-3-2-11-27-10(24)4-31(11)22(30)34)5-38-45(36,47)43-16(15)20(41-9)32-7-26-13-17(32)28-21(25)29-18(13)33/h2-4,7-9,12,14-16,19-20H,5-6,24H2,1H3,(H,35,46)(H,36,47)(H3,25,28,29,33)/t8-,9-,12-,14-,15-,16-,19-,20-,44?,45?/m1/s1. The Morgan fingerprint density at radius 3 is 2.45 bits per heavy atom. The first kappa shape index (κ1) is 32.8. The zero-order valence-electron chi connectivity index (χ0n) is 23.8. The van der Waals surface area contributed by atoms with Crippen LogP contribution >= 0.6 is 13.4 Å². The SMILES string of the molecule is CO[C@H]1[C@H]2OP(O)(=S)OC[C@H]3O[C@@H](n4ccc5nc(N)cn5c4=O)[C@H](F)[C@@H]3OP(O)(=S)OC[C@H]1O[C@H]2n1cnc2c(=O)[nH]c(N)nc21. The quantitative estimate of drug-likeness (QED) is 0.161. The third kappa shape index (κ3) is 5.94. The Labute approximate surface area is 271 Å². The van der Waals surface area contributed by atoms with Crippen LogP contribution in [0.3, 0.4) is 0 Å². The second-order valence-corrected chi connectivity index (χ2v) is 16.2. The minimum Gasteiger partial charge on any atom is -0.382 e. The molecule has 7 heterocycles. The first-order valence-electron chi connectivity index (χ1n) is 13.6. The van der Waals surface area contributed by atoms with E-state index in [9.17, 15) is 19.4 Å². The molecule has 25 heteroatoms. The molecule has 0 spiro atoms. The van der Waals surface area contributed by atoms with Crippen molar-refractivity contribution in [2.45, 2.75) is 49.1 Å². The molecule has 3 aliphatic rings. The maximum Gasteiger partial charge on any atom is 0.336 e. The lowest BCUT2D eigenvalue weighted by molar-refractivity contribution is -0.0616. The van der Waals surface area contributed by atoms with E-state index in [0.29, 0.717) is 0 Å². The summed E-state index contributed by atoms with van der Waals surface area (Å²) < 4.78 is 59.7. The van der Waals surface area contributed by atoms with Crippen LogP contribution in [0.15, 0.2) is 34.4 Å². The number of hydrogen-bond acceptors (Lipinski definition) is 16. The summed E-state index contributed by atoms with van der Waals surface area (Å²) in [6.07, 6.45) is -7.58. The molecular weight excluding hydrogens is 711 g/mol. The van der Waals surface area contributed by atoms with Gasteiger partial charge in [-0.05, 0) is 29.7 Å². The van der Waals surface area contributed by atoms with E-state index < -0.39 is 87.0 Å². The molecule has 0 aromatic carbocycles. The fraction of sp³-hybridized carbons (Fsp3) is 0.500. The van der Waals surface area contributed by atoms with E-state index >= 15 is 4.39 Å². The van der Waals surface area contributed by atoms with Crippen LogP contribution < -0.4 is 22.7 Å². The summed E-state index contributed by atoms with van der Waals surface area (Å²) in [7, 11) is 1.32. The van der Waals surface area contributed by atoms with Crippen molar-refractivity contribution >= 4 is 65.6 Å². The van der Waals surface area contributed by atoms with Gasteiger partial charge in [0.2, 0.25) is 5.95 Å². The summed E-state index contributed by atoms with van der Waals surface area (Å²) in [4.78, 5) is 62.4. The number of nitrogens with two attached hydrogens (primary N) is 2. The first-order chi connectivity index (χ1) is 22.2. The zero-order valence-corrected chi connectivity index (χ0v) is 27.3. The van der Waals surface area contributed by atoms with E-state index in [-0.39, 0.29) is 28.6 Å². The van der Waals surface area contributed by atoms with Crippen LogP contribution in [-0.4, -0.2) is 100 Å². The number of alkyl halides is 1. The fourth-order valence-corrected chi connectivity index (χ4v) is 8.53. The summed E-state index contributed by atoms with van der Waals surface area (Å²) in [5, 5.41) is 0. The number of H-pyrrole nitrogens is 1. The summed E-state index contributed by atoms with van der Waals surface area (Å²) in [6, 6.07) is 1.42. The molecule has 2 bridgehead atoms. The van der Waals surface area contributed by atoms with Crippen molar-refractivity contribution < 1.29 is 46.5 Å². The van der Waals surface area contributed by atoms with Crippen LogP contribution in [0.1, 0.15) is 12.5 Å². The molecule has 4 aromatic heterocycles. The Morgan fingerprint density at radius 2 is 1.72 bits per heavy atom. The second-order valence-electron chi connectivity index (χ2n) is 10.6. The highest BCUT2D eigenvalue weighted by molar-refractivity contribution is 8.07. The summed E-state index contributed by atoms with van der Waals surface area (Å²) in [6.45, 7) is -9.63. The van der Waals surface area contributed by atoms with Gasteiger partial charge < -0.3 is 44.5 Å². The van der Waals surface area contributed by atoms with Crippen molar-refractivity contribution in [2.24, 2.45) is 0 Å². The topological polar surface area (TPSA) is 260 Å². The van der Waals surface area contributed by atoms with Gasteiger partial charge in [0.1, 0.15) is 42.0 Å². The average Bonchev–Trinajstić information content (AvgIpc) is 3.75. The number of imidazole rings is 2. The third-order valence-electron chi connectivity index (χ3n) is 7.70. The molecule has 0 radical (unpaired) electrons. The molecule has 47 heavy (non-hydrogen) atoms. The lowest BCUT2D eigenvalue weighted by Gasteiger charge is -2.28. The van der Waals surface area contributed by atoms with E-state index in [2.05, 4.69) is 19.9 Å². The van der Waals surface area contributed by atoms with Crippen molar-refractivity contribution in [1.29, 1.82) is 0 Å². The van der Waals surface area contributed by atoms with Gasteiger partial charge >= 0.3 is 19.1 Å². The van der Waals surface area contributed by atoms with Gasteiger partial charge in [-0.1, -0.05) is 0 Å². The van der Waals surface area contributed by atoms with Crippen LogP contribution in [0.2, 0.25) is 0 Å². The van der Waals surface area contributed by atoms with Crippen LogP contribution in [0, 0.1) is 0 Å². The smallest absolute Gasteiger partial charge is 0.336 e. The van der Waals surface area contributed by atoms with Crippen molar-refractivity contribution in [2.75, 3.05) is 31.8 Å². The van der Waals surface area contributed by atoms with Crippen LogP contribution in [0.5, 0.6) is 0 Å². The molecule has 3 saturated heterocycles. The summed E-state index contributed by atoms with van der Waals surface area (Å²) in [5.41, 5.74) is 10.3. The number of fused-ring (bicyclic) bond motifs is 5.